The molecule has 0 aliphatic carbocycles. The van der Waals surface area contributed by atoms with E-state index >= 15 is 0 Å². The standard InChI is InChI=1S/C10H9FI/c1-3-7(2)9-6-8(11)4-5-10(9)12/h3-7H,1-2H2. The first-order chi connectivity index (χ1) is 5.65. The van der Waals surface area contributed by atoms with Crippen molar-refractivity contribution in [3.05, 3.63) is 52.7 Å². The highest BCUT2D eigenvalue weighted by atomic mass is 127. The first kappa shape index (κ1) is 9.71. The first-order valence-electron chi connectivity index (χ1n) is 3.55. The molecule has 1 radical (unpaired) electrons. The Morgan fingerprint density at radius 3 is 2.75 bits per heavy atom. The quantitative estimate of drug-likeness (QED) is 0.572. The minimum absolute atomic E-state index is 0.0346. The van der Waals surface area contributed by atoms with Crippen LogP contribution >= 0.6 is 22.6 Å². The van der Waals surface area contributed by atoms with Crippen LogP contribution in [0.25, 0.3) is 0 Å². The SMILES string of the molecule is [CH2]C(C=C)c1cc(F)ccc1I. The largest absolute Gasteiger partial charge is 0.207 e. The third-order valence-corrected chi connectivity index (χ3v) is 2.62. The Bertz CT molecular complexity index is 294. The summed E-state index contributed by atoms with van der Waals surface area (Å²) in [5.74, 6) is -0.256. The third-order valence-electron chi connectivity index (χ3n) is 1.64. The molecule has 0 nitrogen and oxygen atoms in total. The van der Waals surface area contributed by atoms with E-state index < -0.39 is 0 Å². The molecule has 0 N–H and O–H groups in total. The lowest BCUT2D eigenvalue weighted by Gasteiger charge is -2.08. The van der Waals surface area contributed by atoms with Crippen LogP contribution in [-0.4, -0.2) is 0 Å². The molecule has 12 heavy (non-hydrogen) atoms. The Morgan fingerprint density at radius 2 is 2.17 bits per heavy atom. The normalized spacial score (nSPS) is 12.6. The number of hydrogen-bond acceptors (Lipinski definition) is 0. The number of halogens is 2. The van der Waals surface area contributed by atoms with Gasteiger partial charge in [0.15, 0.2) is 0 Å². The van der Waals surface area contributed by atoms with Crippen molar-refractivity contribution < 1.29 is 4.39 Å². The maximum atomic E-state index is 12.8. The summed E-state index contributed by atoms with van der Waals surface area (Å²) in [6.45, 7) is 7.46. The summed E-state index contributed by atoms with van der Waals surface area (Å²) in [5.41, 5.74) is 0.894. The van der Waals surface area contributed by atoms with Gasteiger partial charge in [-0.3, -0.25) is 0 Å². The Balaban J connectivity index is 3.12. The molecular formula is C10H9FI. The lowest BCUT2D eigenvalue weighted by molar-refractivity contribution is 0.625. The van der Waals surface area contributed by atoms with Gasteiger partial charge >= 0.3 is 0 Å². The molecule has 0 saturated carbocycles. The average Bonchev–Trinajstić information content (AvgIpc) is 2.08. The van der Waals surface area contributed by atoms with Crippen molar-refractivity contribution in [1.29, 1.82) is 0 Å². The van der Waals surface area contributed by atoms with E-state index in [1.54, 1.807) is 12.1 Å². The van der Waals surface area contributed by atoms with E-state index in [0.29, 0.717) is 0 Å². The topological polar surface area (TPSA) is 0 Å². The summed E-state index contributed by atoms with van der Waals surface area (Å²) in [6, 6.07) is 4.69. The second kappa shape index (κ2) is 4.03. The maximum absolute atomic E-state index is 12.8. The van der Waals surface area contributed by atoms with Crippen molar-refractivity contribution in [2.75, 3.05) is 0 Å². The molecule has 1 aromatic rings. The fourth-order valence-corrected chi connectivity index (χ4v) is 1.66. The Kier molecular flexibility index (Phi) is 3.26. The van der Waals surface area contributed by atoms with Gasteiger partial charge in [0.2, 0.25) is 0 Å². The molecule has 0 aromatic heterocycles. The van der Waals surface area contributed by atoms with Gasteiger partial charge in [0.25, 0.3) is 0 Å². The second-order valence-corrected chi connectivity index (χ2v) is 3.67. The summed E-state index contributed by atoms with van der Waals surface area (Å²) >= 11 is 2.16. The molecule has 0 fully saturated rings. The maximum Gasteiger partial charge on any atom is 0.123 e. The van der Waals surface area contributed by atoms with E-state index in [1.165, 1.54) is 12.1 Å². The van der Waals surface area contributed by atoms with Crippen LogP contribution in [0.3, 0.4) is 0 Å². The van der Waals surface area contributed by atoms with Gasteiger partial charge in [-0.15, -0.1) is 6.58 Å². The van der Waals surface area contributed by atoms with Gasteiger partial charge in [0, 0.05) is 9.49 Å². The highest BCUT2D eigenvalue weighted by molar-refractivity contribution is 14.1. The van der Waals surface area contributed by atoms with Gasteiger partial charge in [-0.2, -0.15) is 0 Å². The van der Waals surface area contributed by atoms with Crippen molar-refractivity contribution in [1.82, 2.24) is 0 Å². The molecule has 0 aliphatic rings. The van der Waals surface area contributed by atoms with Crippen molar-refractivity contribution in [2.45, 2.75) is 5.92 Å². The van der Waals surface area contributed by atoms with E-state index in [-0.39, 0.29) is 11.7 Å². The van der Waals surface area contributed by atoms with Gasteiger partial charge in [-0.05, 0) is 53.3 Å². The highest BCUT2D eigenvalue weighted by Gasteiger charge is 2.06. The molecule has 2 heteroatoms. The lowest BCUT2D eigenvalue weighted by Crippen LogP contribution is -1.93. The number of rotatable bonds is 2. The van der Waals surface area contributed by atoms with E-state index in [9.17, 15) is 4.39 Å². The molecule has 0 bridgehead atoms. The highest BCUT2D eigenvalue weighted by Crippen LogP contribution is 2.22. The predicted octanol–water partition coefficient (Wildman–Crippen LogP) is 3.53. The van der Waals surface area contributed by atoms with Crippen LogP contribution in [0.4, 0.5) is 4.39 Å². The molecule has 1 aromatic carbocycles. The minimum atomic E-state index is -0.221. The molecule has 63 valence electrons. The summed E-state index contributed by atoms with van der Waals surface area (Å²) in [7, 11) is 0. The first-order valence-corrected chi connectivity index (χ1v) is 4.63. The molecule has 0 spiro atoms. The fourth-order valence-electron chi connectivity index (χ4n) is 0.926. The number of benzene rings is 1. The predicted molar refractivity (Wildman–Crippen MR) is 57.4 cm³/mol. The third kappa shape index (κ3) is 2.06. The fraction of sp³-hybridized carbons (Fsp3) is 0.100. The zero-order valence-corrected chi connectivity index (χ0v) is 8.71. The Labute approximate surface area is 85.6 Å². The molecular weight excluding hydrogens is 266 g/mol. The molecule has 1 rings (SSSR count). The summed E-state index contributed by atoms with van der Waals surface area (Å²) < 4.78 is 13.8. The lowest BCUT2D eigenvalue weighted by atomic mass is 10.0. The zero-order valence-electron chi connectivity index (χ0n) is 6.56. The van der Waals surface area contributed by atoms with Crippen LogP contribution in [0.2, 0.25) is 0 Å². The molecule has 0 saturated heterocycles. The van der Waals surface area contributed by atoms with Crippen molar-refractivity contribution >= 4 is 22.6 Å². The second-order valence-electron chi connectivity index (χ2n) is 2.51. The monoisotopic (exact) mass is 275 g/mol. The molecule has 0 amide bonds. The zero-order chi connectivity index (χ0) is 9.14. The molecule has 1 atom stereocenters. The van der Waals surface area contributed by atoms with E-state index in [0.717, 1.165) is 9.13 Å². The van der Waals surface area contributed by atoms with Crippen LogP contribution in [0.15, 0.2) is 30.9 Å². The molecule has 1 unspecified atom stereocenters. The van der Waals surface area contributed by atoms with Crippen molar-refractivity contribution in [2.24, 2.45) is 0 Å². The van der Waals surface area contributed by atoms with Gasteiger partial charge in [-0.1, -0.05) is 6.08 Å². The summed E-state index contributed by atoms with van der Waals surface area (Å²) in [6.07, 6.45) is 1.71. The van der Waals surface area contributed by atoms with Crippen LogP contribution in [0.1, 0.15) is 11.5 Å². The van der Waals surface area contributed by atoms with Crippen LogP contribution in [-0.2, 0) is 0 Å². The van der Waals surface area contributed by atoms with Crippen LogP contribution in [0.5, 0.6) is 0 Å². The molecule has 0 heterocycles. The smallest absolute Gasteiger partial charge is 0.123 e. The summed E-state index contributed by atoms with van der Waals surface area (Å²) in [4.78, 5) is 0. The van der Waals surface area contributed by atoms with Crippen molar-refractivity contribution in [3.63, 3.8) is 0 Å². The van der Waals surface area contributed by atoms with Crippen LogP contribution < -0.4 is 0 Å². The minimum Gasteiger partial charge on any atom is -0.207 e. The number of allylic oxidation sites excluding steroid dienone is 1. The van der Waals surface area contributed by atoms with E-state index in [4.69, 9.17) is 0 Å². The van der Waals surface area contributed by atoms with Gasteiger partial charge in [-0.25, -0.2) is 4.39 Å². The Morgan fingerprint density at radius 1 is 1.50 bits per heavy atom. The summed E-state index contributed by atoms with van der Waals surface area (Å²) in [5, 5.41) is 0. The van der Waals surface area contributed by atoms with E-state index in [1.807, 2.05) is 0 Å². The number of hydrogen-bond donors (Lipinski definition) is 0. The van der Waals surface area contributed by atoms with Gasteiger partial charge < -0.3 is 0 Å². The van der Waals surface area contributed by atoms with Gasteiger partial charge in [0.05, 0.1) is 0 Å². The van der Waals surface area contributed by atoms with Crippen LogP contribution in [0, 0.1) is 16.3 Å². The molecule has 0 aliphatic heterocycles. The average molecular weight is 275 g/mol. The Hall–Kier alpha value is -0.380. The van der Waals surface area contributed by atoms with Gasteiger partial charge in [0.1, 0.15) is 5.82 Å². The van der Waals surface area contributed by atoms with E-state index in [2.05, 4.69) is 36.1 Å². The van der Waals surface area contributed by atoms with Crippen molar-refractivity contribution in [3.8, 4) is 0 Å².